The van der Waals surface area contributed by atoms with Crippen LogP contribution < -0.4 is 4.74 Å². The van der Waals surface area contributed by atoms with Crippen molar-refractivity contribution in [1.82, 2.24) is 4.57 Å². The Balaban J connectivity index is 1.98. The van der Waals surface area contributed by atoms with Gasteiger partial charge < -0.3 is 14.4 Å². The summed E-state index contributed by atoms with van der Waals surface area (Å²) in [6, 6.07) is 21.9. The van der Waals surface area contributed by atoms with Gasteiger partial charge in [0.2, 0.25) is 0 Å². The summed E-state index contributed by atoms with van der Waals surface area (Å²) >= 11 is 0. The zero-order chi connectivity index (χ0) is 23.8. The number of nitrogens with zero attached hydrogens (tertiary/aromatic N) is 1. The minimum Gasteiger partial charge on any atom is -0.497 e. The van der Waals surface area contributed by atoms with E-state index >= 15 is 0 Å². The van der Waals surface area contributed by atoms with Gasteiger partial charge in [-0.25, -0.2) is 4.79 Å². The highest BCUT2D eigenvalue weighted by atomic mass is 16.5. The molecule has 1 heterocycles. The van der Waals surface area contributed by atoms with Gasteiger partial charge in [0, 0.05) is 23.0 Å². The van der Waals surface area contributed by atoms with Gasteiger partial charge in [-0.3, -0.25) is 0 Å². The second-order valence-electron chi connectivity index (χ2n) is 9.27. The van der Waals surface area contributed by atoms with E-state index in [0.29, 0.717) is 6.54 Å². The first-order valence-corrected chi connectivity index (χ1v) is 11.0. The third-order valence-electron chi connectivity index (χ3n) is 6.04. The van der Waals surface area contributed by atoms with Crippen LogP contribution in [0.15, 0.2) is 73.3 Å². The van der Waals surface area contributed by atoms with Crippen LogP contribution in [0.1, 0.15) is 48.0 Å². The topological polar surface area (TPSA) is 51.5 Å². The molecule has 1 N–H and O–H groups in total. The third kappa shape index (κ3) is 4.29. The summed E-state index contributed by atoms with van der Waals surface area (Å²) in [6.07, 6.45) is 1.78. The van der Waals surface area contributed by atoms with Crippen molar-refractivity contribution in [3.05, 3.63) is 95.7 Å². The van der Waals surface area contributed by atoms with Crippen molar-refractivity contribution in [2.75, 3.05) is 7.11 Å². The number of benzene rings is 3. The number of aromatic nitrogens is 1. The number of rotatable bonds is 6. The molecule has 0 aliphatic heterocycles. The van der Waals surface area contributed by atoms with Gasteiger partial charge in [-0.15, -0.1) is 0 Å². The van der Waals surface area contributed by atoms with Crippen LogP contribution in [0.2, 0.25) is 0 Å². The van der Waals surface area contributed by atoms with E-state index in [1.165, 1.54) is 5.56 Å². The lowest BCUT2D eigenvalue weighted by Crippen LogP contribution is -2.11. The molecule has 4 heteroatoms. The molecule has 0 aliphatic carbocycles. The first kappa shape index (κ1) is 22.4. The zero-order valence-corrected chi connectivity index (χ0v) is 19.6. The SMILES string of the molecule is C=Cc1ccc2c(c1)c(-c1ccc(C(C)(C)C)cc1)c(C(=O)O)n2Cc1cccc(OC)c1. The van der Waals surface area contributed by atoms with E-state index in [1.807, 2.05) is 59.2 Å². The number of carboxylic acid groups (broad SMARTS) is 1. The quantitative estimate of drug-likeness (QED) is 0.352. The van der Waals surface area contributed by atoms with Crippen molar-refractivity contribution in [3.8, 4) is 16.9 Å². The Kier molecular flexibility index (Phi) is 5.86. The summed E-state index contributed by atoms with van der Waals surface area (Å²) in [4.78, 5) is 12.6. The summed E-state index contributed by atoms with van der Waals surface area (Å²) in [5.41, 5.74) is 5.90. The fourth-order valence-corrected chi connectivity index (χ4v) is 4.27. The molecule has 3 aromatic carbocycles. The molecule has 0 fully saturated rings. The molecule has 1 aromatic heterocycles. The molecule has 0 saturated heterocycles. The highest BCUT2D eigenvalue weighted by Gasteiger charge is 2.24. The molecule has 4 aromatic rings. The van der Waals surface area contributed by atoms with E-state index in [4.69, 9.17) is 4.74 Å². The number of aromatic carboxylic acids is 1. The van der Waals surface area contributed by atoms with Gasteiger partial charge in [0.05, 0.1) is 7.11 Å². The van der Waals surface area contributed by atoms with Crippen LogP contribution in [0.4, 0.5) is 0 Å². The number of carboxylic acids is 1. The lowest BCUT2D eigenvalue weighted by Gasteiger charge is -2.19. The van der Waals surface area contributed by atoms with Gasteiger partial charge >= 0.3 is 5.97 Å². The standard InChI is InChI=1S/C29H29NO3/c1-6-19-10-15-25-24(17-19)26(21-11-13-22(14-12-21)29(2,3)4)27(28(31)32)30(25)18-20-8-7-9-23(16-20)33-5/h6-17H,1,18H2,2-5H3,(H,31,32). The highest BCUT2D eigenvalue weighted by molar-refractivity contribution is 6.08. The molecule has 0 saturated carbocycles. The second-order valence-corrected chi connectivity index (χ2v) is 9.27. The van der Waals surface area contributed by atoms with Crippen LogP contribution in [-0.4, -0.2) is 22.8 Å². The van der Waals surface area contributed by atoms with E-state index in [2.05, 4.69) is 39.5 Å². The summed E-state index contributed by atoms with van der Waals surface area (Å²) in [6.45, 7) is 10.8. The van der Waals surface area contributed by atoms with E-state index < -0.39 is 5.97 Å². The zero-order valence-electron chi connectivity index (χ0n) is 19.6. The minimum absolute atomic E-state index is 0.0184. The summed E-state index contributed by atoms with van der Waals surface area (Å²) < 4.78 is 7.25. The van der Waals surface area contributed by atoms with E-state index in [-0.39, 0.29) is 11.1 Å². The second kappa shape index (κ2) is 8.62. The maximum absolute atomic E-state index is 12.6. The number of ether oxygens (including phenoxy) is 1. The predicted molar refractivity (Wildman–Crippen MR) is 135 cm³/mol. The minimum atomic E-state index is -0.954. The Morgan fingerprint density at radius 1 is 1.06 bits per heavy atom. The van der Waals surface area contributed by atoms with Crippen LogP contribution in [0.25, 0.3) is 28.1 Å². The predicted octanol–water partition coefficient (Wildman–Crippen LogP) is 7.00. The average molecular weight is 440 g/mol. The molecule has 4 rings (SSSR count). The van der Waals surface area contributed by atoms with Crippen molar-refractivity contribution in [3.63, 3.8) is 0 Å². The van der Waals surface area contributed by atoms with Crippen LogP contribution in [-0.2, 0) is 12.0 Å². The Labute approximate surface area is 194 Å². The van der Waals surface area contributed by atoms with Gasteiger partial charge in [-0.05, 0) is 51.9 Å². The van der Waals surface area contributed by atoms with Crippen molar-refractivity contribution in [2.45, 2.75) is 32.7 Å². The van der Waals surface area contributed by atoms with Gasteiger partial charge in [0.15, 0.2) is 0 Å². The molecule has 0 amide bonds. The maximum Gasteiger partial charge on any atom is 0.353 e. The van der Waals surface area contributed by atoms with Crippen molar-refractivity contribution < 1.29 is 14.6 Å². The molecule has 0 spiro atoms. The smallest absolute Gasteiger partial charge is 0.353 e. The van der Waals surface area contributed by atoms with E-state index in [9.17, 15) is 9.90 Å². The number of hydrogen-bond acceptors (Lipinski definition) is 2. The normalized spacial score (nSPS) is 11.5. The van der Waals surface area contributed by atoms with Crippen LogP contribution >= 0.6 is 0 Å². The number of hydrogen-bond donors (Lipinski definition) is 1. The van der Waals surface area contributed by atoms with Gasteiger partial charge in [-0.2, -0.15) is 0 Å². The first-order chi connectivity index (χ1) is 15.7. The molecule has 0 radical (unpaired) electrons. The first-order valence-electron chi connectivity index (χ1n) is 11.0. The Morgan fingerprint density at radius 2 is 1.79 bits per heavy atom. The lowest BCUT2D eigenvalue weighted by atomic mass is 9.86. The average Bonchev–Trinajstić information content (AvgIpc) is 3.12. The molecule has 33 heavy (non-hydrogen) atoms. The fourth-order valence-electron chi connectivity index (χ4n) is 4.27. The fraction of sp³-hybridized carbons (Fsp3) is 0.207. The van der Waals surface area contributed by atoms with Crippen molar-refractivity contribution in [1.29, 1.82) is 0 Å². The van der Waals surface area contributed by atoms with Gasteiger partial charge in [0.25, 0.3) is 0 Å². The summed E-state index contributed by atoms with van der Waals surface area (Å²) in [5, 5.41) is 11.2. The number of methoxy groups -OCH3 is 1. The van der Waals surface area contributed by atoms with Crippen molar-refractivity contribution in [2.24, 2.45) is 0 Å². The molecular weight excluding hydrogens is 410 g/mol. The molecule has 0 unspecified atom stereocenters. The maximum atomic E-state index is 12.6. The van der Waals surface area contributed by atoms with Crippen LogP contribution in [0.3, 0.4) is 0 Å². The Morgan fingerprint density at radius 3 is 2.39 bits per heavy atom. The van der Waals surface area contributed by atoms with E-state index in [1.54, 1.807) is 13.2 Å². The van der Waals surface area contributed by atoms with Crippen LogP contribution in [0.5, 0.6) is 5.75 Å². The van der Waals surface area contributed by atoms with Crippen molar-refractivity contribution >= 4 is 22.9 Å². The highest BCUT2D eigenvalue weighted by Crippen LogP contribution is 2.37. The molecule has 168 valence electrons. The van der Waals surface area contributed by atoms with Gasteiger partial charge in [-0.1, -0.05) is 75.9 Å². The van der Waals surface area contributed by atoms with Crippen LogP contribution in [0, 0.1) is 0 Å². The largest absolute Gasteiger partial charge is 0.497 e. The monoisotopic (exact) mass is 439 g/mol. The number of carbonyl (C=O) groups is 1. The molecule has 0 atom stereocenters. The summed E-state index contributed by atoms with van der Waals surface area (Å²) in [7, 11) is 1.63. The molecule has 0 aliphatic rings. The lowest BCUT2D eigenvalue weighted by molar-refractivity contribution is 0.0687. The molecule has 4 nitrogen and oxygen atoms in total. The number of fused-ring (bicyclic) bond motifs is 1. The Hall–Kier alpha value is -3.79. The summed E-state index contributed by atoms with van der Waals surface area (Å²) in [5.74, 6) is -0.211. The van der Waals surface area contributed by atoms with E-state index in [0.717, 1.165) is 38.9 Å². The molecule has 0 bridgehead atoms. The molecular formula is C29H29NO3. The Bertz CT molecular complexity index is 1340. The van der Waals surface area contributed by atoms with Gasteiger partial charge in [0.1, 0.15) is 11.4 Å². The third-order valence-corrected chi connectivity index (χ3v) is 6.04.